The molecule has 1 aliphatic carbocycles. The number of thioether (sulfide) groups is 1. The number of carbonyl (C=O) groups is 1. The van der Waals surface area contributed by atoms with Gasteiger partial charge in [-0.05, 0) is 68.2 Å². The van der Waals surface area contributed by atoms with Gasteiger partial charge < -0.3 is 9.72 Å². The molecule has 1 N–H and O–H groups in total. The van der Waals surface area contributed by atoms with Crippen LogP contribution in [0.5, 0.6) is 0 Å². The molecule has 0 atom stereocenters. The summed E-state index contributed by atoms with van der Waals surface area (Å²) in [6, 6.07) is 6.30. The standard InChI is InChI=1S/C26H27FN6O3S/c27-16-13-20-23(28-14-16)32(19-8-11-37-12-9-19)26(36)33(25(20)35)18-6-4-17(5-7-18)29-24(34)21-15-31-10-2-1-3-22(31)30-21/h1-3,10,13-15,17-19H,4-9,11-12H2,(H,29,34)/t17-,18+. The van der Waals surface area contributed by atoms with Crippen molar-refractivity contribution >= 4 is 34.3 Å². The molecule has 0 radical (unpaired) electrons. The van der Waals surface area contributed by atoms with E-state index in [9.17, 15) is 18.8 Å². The maximum Gasteiger partial charge on any atom is 0.333 e. The predicted octanol–water partition coefficient (Wildman–Crippen LogP) is 3.33. The highest BCUT2D eigenvalue weighted by Crippen LogP contribution is 2.30. The lowest BCUT2D eigenvalue weighted by Gasteiger charge is -2.31. The van der Waals surface area contributed by atoms with Crippen LogP contribution >= 0.6 is 11.8 Å². The van der Waals surface area contributed by atoms with Crippen LogP contribution in [0.3, 0.4) is 0 Å². The molecule has 37 heavy (non-hydrogen) atoms. The molecule has 11 heteroatoms. The monoisotopic (exact) mass is 522 g/mol. The Labute approximate surface area is 215 Å². The van der Waals surface area contributed by atoms with Gasteiger partial charge in [-0.3, -0.25) is 18.7 Å². The first-order valence-electron chi connectivity index (χ1n) is 12.6. The fourth-order valence-electron chi connectivity index (χ4n) is 5.58. The van der Waals surface area contributed by atoms with E-state index >= 15 is 0 Å². The van der Waals surface area contributed by atoms with Gasteiger partial charge in [-0.1, -0.05) is 6.07 Å². The van der Waals surface area contributed by atoms with E-state index < -0.39 is 11.4 Å². The minimum atomic E-state index is -0.598. The highest BCUT2D eigenvalue weighted by Gasteiger charge is 2.30. The van der Waals surface area contributed by atoms with E-state index in [1.165, 1.54) is 10.6 Å². The van der Waals surface area contributed by atoms with E-state index in [1.807, 2.05) is 36.2 Å². The average molecular weight is 523 g/mol. The molecule has 5 heterocycles. The highest BCUT2D eigenvalue weighted by atomic mass is 32.2. The van der Waals surface area contributed by atoms with Crippen molar-refractivity contribution in [3.8, 4) is 0 Å². The quantitative estimate of drug-likeness (QED) is 0.441. The van der Waals surface area contributed by atoms with Crippen LogP contribution in [0.4, 0.5) is 4.39 Å². The van der Waals surface area contributed by atoms with Gasteiger partial charge in [0.05, 0.1) is 11.6 Å². The van der Waals surface area contributed by atoms with E-state index in [4.69, 9.17) is 0 Å². The average Bonchev–Trinajstić information content (AvgIpc) is 3.36. The topological polar surface area (TPSA) is 103 Å². The fourth-order valence-corrected chi connectivity index (χ4v) is 6.66. The molecule has 6 rings (SSSR count). The SMILES string of the molecule is O=C(N[C@H]1CC[C@@H](n2c(=O)c3cc(F)cnc3n(C3CCSCC3)c2=O)CC1)c1cn2ccccc2n1. The van der Waals surface area contributed by atoms with Crippen LogP contribution in [-0.2, 0) is 0 Å². The Kier molecular flexibility index (Phi) is 6.31. The summed E-state index contributed by atoms with van der Waals surface area (Å²) in [4.78, 5) is 48.5. The smallest absolute Gasteiger partial charge is 0.333 e. The number of rotatable bonds is 4. The lowest BCUT2D eigenvalue weighted by molar-refractivity contribution is 0.0917. The number of carbonyl (C=O) groups excluding carboxylic acids is 1. The molecule has 9 nitrogen and oxygen atoms in total. The first-order valence-corrected chi connectivity index (χ1v) is 13.8. The van der Waals surface area contributed by atoms with Gasteiger partial charge in [0.2, 0.25) is 0 Å². The van der Waals surface area contributed by atoms with Crippen molar-refractivity contribution in [1.82, 2.24) is 28.8 Å². The van der Waals surface area contributed by atoms with E-state index in [0.717, 1.165) is 30.5 Å². The molecule has 4 aromatic heterocycles. The van der Waals surface area contributed by atoms with Crippen molar-refractivity contribution in [2.45, 2.75) is 56.7 Å². The molecule has 1 saturated heterocycles. The molecule has 2 fully saturated rings. The van der Waals surface area contributed by atoms with Gasteiger partial charge in [0.1, 0.15) is 22.8 Å². The summed E-state index contributed by atoms with van der Waals surface area (Å²) in [6.07, 6.45) is 8.56. The number of hydrogen-bond donors (Lipinski definition) is 1. The lowest BCUT2D eigenvalue weighted by atomic mass is 9.90. The lowest BCUT2D eigenvalue weighted by Crippen LogP contribution is -2.46. The second-order valence-electron chi connectivity index (χ2n) is 9.77. The zero-order chi connectivity index (χ0) is 25.5. The molecule has 0 bridgehead atoms. The Morgan fingerprint density at radius 2 is 1.78 bits per heavy atom. The number of imidazole rings is 1. The number of fused-ring (bicyclic) bond motifs is 2. The maximum atomic E-state index is 14.1. The van der Waals surface area contributed by atoms with E-state index in [-0.39, 0.29) is 40.8 Å². The Bertz CT molecular complexity index is 1560. The molecular weight excluding hydrogens is 495 g/mol. The van der Waals surface area contributed by atoms with Gasteiger partial charge in [0, 0.05) is 30.5 Å². The fraction of sp³-hybridized carbons (Fsp3) is 0.423. The van der Waals surface area contributed by atoms with E-state index in [0.29, 0.717) is 37.0 Å². The van der Waals surface area contributed by atoms with Crippen LogP contribution in [-0.4, -0.2) is 47.0 Å². The number of nitrogens with one attached hydrogen (secondary N) is 1. The van der Waals surface area contributed by atoms with Gasteiger partial charge in [0.15, 0.2) is 0 Å². The molecule has 1 aliphatic heterocycles. The summed E-state index contributed by atoms with van der Waals surface area (Å²) in [5.74, 6) is 1.01. The molecule has 1 amide bonds. The Morgan fingerprint density at radius 3 is 2.54 bits per heavy atom. The normalized spacial score (nSPS) is 20.9. The molecule has 1 saturated carbocycles. The van der Waals surface area contributed by atoms with Crippen LogP contribution in [0.2, 0.25) is 0 Å². The van der Waals surface area contributed by atoms with Crippen LogP contribution in [0.25, 0.3) is 16.7 Å². The summed E-state index contributed by atoms with van der Waals surface area (Å²) < 4.78 is 18.8. The van der Waals surface area contributed by atoms with Crippen molar-refractivity contribution in [3.05, 3.63) is 75.2 Å². The van der Waals surface area contributed by atoms with Crippen LogP contribution in [0, 0.1) is 5.82 Å². The largest absolute Gasteiger partial charge is 0.348 e. The zero-order valence-corrected chi connectivity index (χ0v) is 21.0. The van der Waals surface area contributed by atoms with Crippen LogP contribution in [0.1, 0.15) is 61.1 Å². The summed E-state index contributed by atoms with van der Waals surface area (Å²) in [5, 5.41) is 3.19. The first-order chi connectivity index (χ1) is 18.0. The first kappa shape index (κ1) is 23.9. The van der Waals surface area contributed by atoms with Gasteiger partial charge in [-0.25, -0.2) is 19.2 Å². The minimum absolute atomic E-state index is 0.0675. The summed E-state index contributed by atoms with van der Waals surface area (Å²) in [5.41, 5.74) is 0.446. The molecular formula is C26H27FN6O3S. The van der Waals surface area contributed by atoms with Gasteiger partial charge >= 0.3 is 5.69 Å². The molecule has 0 spiro atoms. The third-order valence-corrected chi connectivity index (χ3v) is 8.52. The number of pyridine rings is 2. The molecule has 2 aliphatic rings. The number of nitrogens with zero attached hydrogens (tertiary/aromatic N) is 5. The Balaban J connectivity index is 1.25. The van der Waals surface area contributed by atoms with Crippen LogP contribution < -0.4 is 16.6 Å². The van der Waals surface area contributed by atoms with Crippen molar-refractivity contribution in [3.63, 3.8) is 0 Å². The Hall–Kier alpha value is -3.47. The molecule has 192 valence electrons. The van der Waals surface area contributed by atoms with E-state index in [1.54, 1.807) is 15.2 Å². The van der Waals surface area contributed by atoms with Crippen molar-refractivity contribution in [2.24, 2.45) is 0 Å². The van der Waals surface area contributed by atoms with Crippen molar-refractivity contribution < 1.29 is 9.18 Å². The third kappa shape index (κ3) is 4.45. The summed E-state index contributed by atoms with van der Waals surface area (Å²) >= 11 is 1.84. The number of amides is 1. The summed E-state index contributed by atoms with van der Waals surface area (Å²) in [6.45, 7) is 0. The molecule has 0 unspecified atom stereocenters. The Morgan fingerprint density at radius 1 is 1.03 bits per heavy atom. The maximum absolute atomic E-state index is 14.1. The predicted molar refractivity (Wildman–Crippen MR) is 140 cm³/mol. The van der Waals surface area contributed by atoms with Crippen LogP contribution in [0.15, 0.2) is 52.4 Å². The third-order valence-electron chi connectivity index (χ3n) is 7.47. The number of aromatic nitrogens is 5. The van der Waals surface area contributed by atoms with Crippen molar-refractivity contribution in [2.75, 3.05) is 11.5 Å². The molecule has 4 aromatic rings. The second-order valence-corrected chi connectivity index (χ2v) is 11.0. The van der Waals surface area contributed by atoms with Gasteiger partial charge in [-0.2, -0.15) is 11.8 Å². The van der Waals surface area contributed by atoms with Gasteiger partial charge in [-0.15, -0.1) is 0 Å². The van der Waals surface area contributed by atoms with Gasteiger partial charge in [0.25, 0.3) is 11.5 Å². The zero-order valence-electron chi connectivity index (χ0n) is 20.2. The molecule has 0 aromatic carbocycles. The van der Waals surface area contributed by atoms with E-state index in [2.05, 4.69) is 15.3 Å². The second kappa shape index (κ2) is 9.77. The highest BCUT2D eigenvalue weighted by molar-refractivity contribution is 7.99. The summed E-state index contributed by atoms with van der Waals surface area (Å²) in [7, 11) is 0. The minimum Gasteiger partial charge on any atom is -0.348 e. The number of hydrogen-bond acceptors (Lipinski definition) is 6. The van der Waals surface area contributed by atoms with Crippen molar-refractivity contribution in [1.29, 1.82) is 0 Å². The number of halogens is 1.